The molecule has 0 rings (SSSR count). The van der Waals surface area contributed by atoms with Gasteiger partial charge >= 0.3 is 0 Å². The van der Waals surface area contributed by atoms with Crippen molar-refractivity contribution in [1.29, 1.82) is 0 Å². The van der Waals surface area contributed by atoms with Gasteiger partial charge in [0.1, 0.15) is 0 Å². The highest BCUT2D eigenvalue weighted by molar-refractivity contribution is 4.68. The highest BCUT2D eigenvalue weighted by Crippen LogP contribution is 2.18. The lowest BCUT2D eigenvalue weighted by Gasteiger charge is -2.29. The summed E-state index contributed by atoms with van der Waals surface area (Å²) in [5, 5.41) is 2.06. The number of hydrogen-bond donors (Lipinski definition) is 1. The molecule has 0 fully saturated rings. The van der Waals surface area contributed by atoms with Crippen LogP contribution in [0.5, 0.6) is 0 Å². The van der Waals surface area contributed by atoms with Crippen LogP contribution in [0.15, 0.2) is 0 Å². The van der Waals surface area contributed by atoms with Gasteiger partial charge in [0.25, 0.3) is 0 Å². The number of rotatable bonds is 8. The Morgan fingerprint density at radius 3 is 2.18 bits per heavy atom. The maximum absolute atomic E-state index is 5.82. The molecular formula is C14H32N2O. The molecule has 0 aliphatic heterocycles. The molecule has 0 saturated heterocycles. The van der Waals surface area contributed by atoms with Crippen LogP contribution >= 0.6 is 0 Å². The second kappa shape index (κ2) is 8.06. The van der Waals surface area contributed by atoms with E-state index >= 15 is 0 Å². The zero-order valence-corrected chi connectivity index (χ0v) is 12.6. The van der Waals surface area contributed by atoms with Gasteiger partial charge in [-0.2, -0.15) is 5.06 Å². The monoisotopic (exact) mass is 244 g/mol. The molecule has 0 aromatic rings. The smallest absolute Gasteiger partial charge is 0.0575 e. The standard InChI is InChI=1S/C14H32N2O/c1-12(2)9-13(10-15)7-8-16(17-6)11-14(3,4)5/h12-13H,7-11,15H2,1-6H3/t13-/m1/s1. The van der Waals surface area contributed by atoms with Crippen LogP contribution in [0.3, 0.4) is 0 Å². The quantitative estimate of drug-likeness (QED) is 0.667. The summed E-state index contributed by atoms with van der Waals surface area (Å²) in [5.74, 6) is 1.34. The van der Waals surface area contributed by atoms with Gasteiger partial charge in [-0.1, -0.05) is 34.6 Å². The van der Waals surface area contributed by atoms with E-state index in [2.05, 4.69) is 39.7 Å². The van der Waals surface area contributed by atoms with Gasteiger partial charge in [0.15, 0.2) is 0 Å². The van der Waals surface area contributed by atoms with Crippen molar-refractivity contribution in [3.63, 3.8) is 0 Å². The Bertz CT molecular complexity index is 187. The number of hydrogen-bond acceptors (Lipinski definition) is 3. The Kier molecular flexibility index (Phi) is 8.01. The first-order valence-electron chi connectivity index (χ1n) is 6.77. The van der Waals surface area contributed by atoms with Crippen LogP contribution in [0.25, 0.3) is 0 Å². The van der Waals surface area contributed by atoms with Gasteiger partial charge in [0.2, 0.25) is 0 Å². The molecule has 2 N–H and O–H groups in total. The van der Waals surface area contributed by atoms with E-state index in [0.29, 0.717) is 5.92 Å². The Balaban J connectivity index is 4.03. The van der Waals surface area contributed by atoms with E-state index in [-0.39, 0.29) is 5.41 Å². The first-order chi connectivity index (χ1) is 7.78. The molecule has 0 aliphatic carbocycles. The fourth-order valence-electron chi connectivity index (χ4n) is 2.09. The predicted molar refractivity (Wildman–Crippen MR) is 74.7 cm³/mol. The second-order valence-corrected chi connectivity index (χ2v) is 6.63. The van der Waals surface area contributed by atoms with Gasteiger partial charge in [-0.3, -0.25) is 0 Å². The van der Waals surface area contributed by atoms with Crippen LogP contribution in [0.1, 0.15) is 47.5 Å². The van der Waals surface area contributed by atoms with Gasteiger partial charge in [-0.05, 0) is 36.6 Å². The van der Waals surface area contributed by atoms with Crippen molar-refractivity contribution in [2.45, 2.75) is 47.5 Å². The molecule has 0 spiro atoms. The average molecular weight is 244 g/mol. The van der Waals surface area contributed by atoms with Crippen molar-refractivity contribution >= 4 is 0 Å². The topological polar surface area (TPSA) is 38.5 Å². The van der Waals surface area contributed by atoms with Crippen LogP contribution in [-0.2, 0) is 4.84 Å². The molecule has 0 radical (unpaired) electrons. The van der Waals surface area contributed by atoms with E-state index in [1.54, 1.807) is 7.11 Å². The number of nitrogens with zero attached hydrogens (tertiary/aromatic N) is 1. The summed E-state index contributed by atoms with van der Waals surface area (Å²) in [6.07, 6.45) is 2.34. The van der Waals surface area contributed by atoms with Crippen LogP contribution in [0, 0.1) is 17.3 Å². The lowest BCUT2D eigenvalue weighted by Crippen LogP contribution is -2.34. The first-order valence-corrected chi connectivity index (χ1v) is 6.77. The van der Waals surface area contributed by atoms with Crippen molar-refractivity contribution in [3.8, 4) is 0 Å². The lowest BCUT2D eigenvalue weighted by atomic mass is 9.93. The number of hydroxylamine groups is 2. The van der Waals surface area contributed by atoms with E-state index in [1.165, 1.54) is 6.42 Å². The molecule has 1 atom stereocenters. The van der Waals surface area contributed by atoms with E-state index in [9.17, 15) is 0 Å². The average Bonchev–Trinajstić information content (AvgIpc) is 2.19. The minimum atomic E-state index is 0.270. The van der Waals surface area contributed by atoms with E-state index in [4.69, 9.17) is 10.6 Å². The molecule has 3 heteroatoms. The van der Waals surface area contributed by atoms with Crippen LogP contribution < -0.4 is 5.73 Å². The molecule has 0 aromatic carbocycles. The van der Waals surface area contributed by atoms with Crippen molar-refractivity contribution < 1.29 is 4.84 Å². The van der Waals surface area contributed by atoms with Crippen molar-refractivity contribution in [3.05, 3.63) is 0 Å². The summed E-state index contributed by atoms with van der Waals surface area (Å²) in [5.41, 5.74) is 6.09. The molecule has 0 saturated carbocycles. The summed E-state index contributed by atoms with van der Waals surface area (Å²) in [6.45, 7) is 13.9. The summed E-state index contributed by atoms with van der Waals surface area (Å²) >= 11 is 0. The van der Waals surface area contributed by atoms with Crippen LogP contribution in [-0.4, -0.2) is 31.8 Å². The molecule has 0 aliphatic rings. The third kappa shape index (κ3) is 9.57. The summed E-state index contributed by atoms with van der Waals surface area (Å²) < 4.78 is 0. The number of nitrogens with two attached hydrogens (primary N) is 1. The normalized spacial score (nSPS) is 14.6. The summed E-state index contributed by atoms with van der Waals surface area (Å²) in [4.78, 5) is 5.42. The van der Waals surface area contributed by atoms with Gasteiger partial charge < -0.3 is 10.6 Å². The highest BCUT2D eigenvalue weighted by Gasteiger charge is 2.18. The van der Waals surface area contributed by atoms with Gasteiger partial charge in [0.05, 0.1) is 7.11 Å². The minimum Gasteiger partial charge on any atom is -0.330 e. The summed E-state index contributed by atoms with van der Waals surface area (Å²) in [6, 6.07) is 0. The van der Waals surface area contributed by atoms with Gasteiger partial charge in [0, 0.05) is 13.1 Å². The van der Waals surface area contributed by atoms with Crippen molar-refractivity contribution in [2.75, 3.05) is 26.7 Å². The SMILES string of the molecule is CON(CC[C@@H](CN)CC(C)C)CC(C)(C)C. The molecule has 3 nitrogen and oxygen atoms in total. The Morgan fingerprint density at radius 1 is 1.24 bits per heavy atom. The lowest BCUT2D eigenvalue weighted by molar-refractivity contribution is -0.149. The maximum Gasteiger partial charge on any atom is 0.0575 e. The summed E-state index contributed by atoms with van der Waals surface area (Å²) in [7, 11) is 1.76. The third-order valence-electron chi connectivity index (χ3n) is 2.83. The zero-order valence-electron chi connectivity index (χ0n) is 12.6. The third-order valence-corrected chi connectivity index (χ3v) is 2.83. The fourth-order valence-corrected chi connectivity index (χ4v) is 2.09. The highest BCUT2D eigenvalue weighted by atomic mass is 16.7. The molecule has 104 valence electrons. The minimum absolute atomic E-state index is 0.270. The first kappa shape index (κ1) is 16.9. The molecule has 0 unspecified atom stereocenters. The van der Waals surface area contributed by atoms with Crippen molar-refractivity contribution in [1.82, 2.24) is 5.06 Å². The van der Waals surface area contributed by atoms with Crippen LogP contribution in [0.4, 0.5) is 0 Å². The molecule has 0 heterocycles. The van der Waals surface area contributed by atoms with Gasteiger partial charge in [-0.15, -0.1) is 0 Å². The molecular weight excluding hydrogens is 212 g/mol. The molecule has 0 aromatic heterocycles. The molecule has 0 bridgehead atoms. The predicted octanol–water partition coefficient (Wildman–Crippen LogP) is 2.91. The van der Waals surface area contributed by atoms with E-state index in [0.717, 1.165) is 32.0 Å². The largest absolute Gasteiger partial charge is 0.330 e. The zero-order chi connectivity index (χ0) is 13.5. The van der Waals surface area contributed by atoms with Crippen molar-refractivity contribution in [2.24, 2.45) is 23.0 Å². The fraction of sp³-hybridized carbons (Fsp3) is 1.00. The Hall–Kier alpha value is -0.120. The second-order valence-electron chi connectivity index (χ2n) is 6.63. The van der Waals surface area contributed by atoms with E-state index < -0.39 is 0 Å². The molecule has 0 amide bonds. The molecule has 17 heavy (non-hydrogen) atoms. The van der Waals surface area contributed by atoms with E-state index in [1.807, 2.05) is 0 Å². The Morgan fingerprint density at radius 2 is 1.82 bits per heavy atom. The van der Waals surface area contributed by atoms with Crippen LogP contribution in [0.2, 0.25) is 0 Å². The maximum atomic E-state index is 5.82. The van der Waals surface area contributed by atoms with Gasteiger partial charge in [-0.25, -0.2) is 0 Å². The Labute approximate surface area is 108 Å².